The Bertz CT molecular complexity index is 732. The van der Waals surface area contributed by atoms with E-state index in [-0.39, 0.29) is 0 Å². The summed E-state index contributed by atoms with van der Waals surface area (Å²) in [5, 5.41) is 3.64. The molecule has 0 bridgehead atoms. The molecule has 0 saturated heterocycles. The summed E-state index contributed by atoms with van der Waals surface area (Å²) in [4.78, 5) is 2.28. The van der Waals surface area contributed by atoms with Gasteiger partial charge >= 0.3 is 125 Å². The summed E-state index contributed by atoms with van der Waals surface area (Å²) in [5.41, 5.74) is 4.00. The Balaban J connectivity index is 1.88. The fourth-order valence-electron chi connectivity index (χ4n) is 2.29. The third-order valence-electron chi connectivity index (χ3n) is 3.18. The molecular weight excluding hydrogens is 364 g/mol. The fourth-order valence-corrected chi connectivity index (χ4v) is 6.03. The van der Waals surface area contributed by atoms with Gasteiger partial charge < -0.3 is 0 Å². The number of anilines is 2. The molecule has 0 aliphatic carbocycles. The number of benzene rings is 2. The molecule has 2 aromatic carbocycles. The van der Waals surface area contributed by atoms with Crippen LogP contribution in [0.4, 0.5) is 11.4 Å². The molecule has 3 heteroatoms. The third kappa shape index (κ3) is 2.00. The Morgan fingerprint density at radius 3 is 2.58 bits per heavy atom. The summed E-state index contributed by atoms with van der Waals surface area (Å²) in [6.45, 7) is 0. The zero-order valence-corrected chi connectivity index (χ0v) is 13.5. The van der Waals surface area contributed by atoms with Crippen molar-refractivity contribution in [2.75, 3.05) is 5.32 Å². The van der Waals surface area contributed by atoms with E-state index in [2.05, 4.69) is 64.9 Å². The molecule has 92 valence electrons. The van der Waals surface area contributed by atoms with Crippen LogP contribution in [0.5, 0.6) is 0 Å². The zero-order valence-electron chi connectivity index (χ0n) is 10.1. The van der Waals surface area contributed by atoms with Gasteiger partial charge in [-0.3, -0.25) is 0 Å². The Kier molecular flexibility index (Phi) is 2.86. The van der Waals surface area contributed by atoms with Crippen LogP contribution < -0.4 is 14.2 Å². The van der Waals surface area contributed by atoms with Crippen molar-refractivity contribution >= 4 is 49.8 Å². The van der Waals surface area contributed by atoms with E-state index in [1.807, 2.05) is 0 Å². The van der Waals surface area contributed by atoms with Gasteiger partial charge in [-0.15, -0.1) is 0 Å². The Morgan fingerprint density at radius 1 is 0.789 bits per heavy atom. The summed E-state index contributed by atoms with van der Waals surface area (Å²) in [6.07, 6.45) is 0. The normalized spacial score (nSPS) is 12.4. The summed E-state index contributed by atoms with van der Waals surface area (Å²) < 4.78 is 4.39. The van der Waals surface area contributed by atoms with Crippen molar-refractivity contribution in [3.63, 3.8) is 0 Å². The zero-order chi connectivity index (χ0) is 12.7. The predicted molar refractivity (Wildman–Crippen MR) is 83.6 cm³/mol. The van der Waals surface area contributed by atoms with Gasteiger partial charge in [0, 0.05) is 0 Å². The molecule has 0 fully saturated rings. The summed E-state index contributed by atoms with van der Waals surface area (Å²) in [7, 11) is 0. The number of fused-ring (bicyclic) bond motifs is 2. The van der Waals surface area contributed by atoms with E-state index in [9.17, 15) is 0 Å². The number of hydrogen-bond acceptors (Lipinski definition) is 1. The average molecular weight is 375 g/mol. The quantitative estimate of drug-likeness (QED) is 0.503. The van der Waals surface area contributed by atoms with Crippen molar-refractivity contribution in [3.8, 4) is 10.0 Å². The van der Waals surface area contributed by atoms with Gasteiger partial charge in [0.15, 0.2) is 0 Å². The monoisotopic (exact) mass is 377 g/mol. The van der Waals surface area contributed by atoms with Crippen molar-refractivity contribution in [1.29, 1.82) is 0 Å². The molecule has 0 amide bonds. The van der Waals surface area contributed by atoms with Crippen LogP contribution in [0.1, 0.15) is 0 Å². The van der Waals surface area contributed by atoms with Gasteiger partial charge in [0.1, 0.15) is 0 Å². The van der Waals surface area contributed by atoms with Crippen molar-refractivity contribution < 1.29 is 0 Å². The second-order valence-electron chi connectivity index (χ2n) is 4.38. The van der Waals surface area contributed by atoms with Crippen molar-refractivity contribution in [2.24, 2.45) is 0 Å². The van der Waals surface area contributed by atoms with Crippen LogP contribution in [0, 0.1) is 0 Å². The van der Waals surface area contributed by atoms with Gasteiger partial charge in [0.25, 0.3) is 0 Å². The maximum atomic E-state index is 3.64. The van der Waals surface area contributed by atoms with Crippen LogP contribution >= 0.6 is 0 Å². The number of nitrogens with one attached hydrogen (secondary N) is 1. The van der Waals surface area contributed by atoms with Crippen LogP contribution in [0.15, 0.2) is 59.5 Å². The Hall–Kier alpha value is -1.24. The van der Waals surface area contributed by atoms with E-state index in [1.165, 1.54) is 30.3 Å². The first-order chi connectivity index (χ1) is 9.42. The summed E-state index contributed by atoms with van der Waals surface area (Å²) >= 11 is 0.896. The molecule has 0 unspecified atom stereocenters. The first kappa shape index (κ1) is 11.6. The standard InChI is InChI=1S/C16H11NSe2/c1-2-7-14-12(6-1)17-16-11(13-9-4-10-18-13)5-3-8-15(16)19-14/h1-10,17H. The molecule has 0 radical (unpaired) electrons. The van der Waals surface area contributed by atoms with Gasteiger partial charge in [-0.1, -0.05) is 0 Å². The van der Waals surface area contributed by atoms with E-state index < -0.39 is 0 Å². The van der Waals surface area contributed by atoms with Crippen molar-refractivity contribution in [1.82, 2.24) is 0 Å². The molecule has 0 saturated carbocycles. The Labute approximate surface area is 124 Å². The summed E-state index contributed by atoms with van der Waals surface area (Å²) in [5.74, 6) is 0. The van der Waals surface area contributed by atoms with Crippen LogP contribution in [-0.2, 0) is 0 Å². The first-order valence-corrected chi connectivity index (χ1v) is 9.68. The third-order valence-corrected chi connectivity index (χ3v) is 7.46. The Morgan fingerprint density at radius 2 is 1.68 bits per heavy atom. The number of para-hydroxylation sites is 2. The van der Waals surface area contributed by atoms with Crippen LogP contribution in [0.25, 0.3) is 10.0 Å². The first-order valence-electron chi connectivity index (χ1n) is 6.12. The average Bonchev–Trinajstić information content (AvgIpc) is 2.98. The van der Waals surface area contributed by atoms with E-state index in [4.69, 9.17) is 0 Å². The fraction of sp³-hybridized carbons (Fsp3) is 0. The van der Waals surface area contributed by atoms with Crippen LogP contribution in [0.3, 0.4) is 0 Å². The van der Waals surface area contributed by atoms with E-state index in [1.54, 1.807) is 0 Å². The second kappa shape index (κ2) is 4.70. The van der Waals surface area contributed by atoms with E-state index in [0.717, 1.165) is 0 Å². The van der Waals surface area contributed by atoms with Crippen molar-refractivity contribution in [2.45, 2.75) is 0 Å². The number of hydrogen-bond donors (Lipinski definition) is 1. The van der Waals surface area contributed by atoms with Crippen LogP contribution in [-0.4, -0.2) is 29.5 Å². The van der Waals surface area contributed by atoms with E-state index >= 15 is 0 Å². The van der Waals surface area contributed by atoms with Gasteiger partial charge in [-0.2, -0.15) is 0 Å². The van der Waals surface area contributed by atoms with Gasteiger partial charge in [0.05, 0.1) is 0 Å². The molecule has 2 heterocycles. The van der Waals surface area contributed by atoms with Gasteiger partial charge in [-0.05, 0) is 0 Å². The minimum atomic E-state index is 0.410. The molecule has 0 spiro atoms. The molecule has 3 aromatic rings. The summed E-state index contributed by atoms with van der Waals surface area (Å²) in [6, 6.07) is 19.8. The molecule has 0 atom stereocenters. The predicted octanol–water partition coefficient (Wildman–Crippen LogP) is 2.12. The molecule has 1 aliphatic heterocycles. The molecule has 1 aromatic heterocycles. The topological polar surface area (TPSA) is 12.0 Å². The van der Waals surface area contributed by atoms with Crippen molar-refractivity contribution in [3.05, 3.63) is 59.5 Å². The maximum absolute atomic E-state index is 3.64. The van der Waals surface area contributed by atoms with Crippen LogP contribution in [0.2, 0.25) is 0 Å². The number of rotatable bonds is 1. The molecule has 4 rings (SSSR count). The SMILES string of the molecule is c1c[se]c(-c2cccc3c2Nc2ccccc2[Se]3)c1. The molecule has 19 heavy (non-hydrogen) atoms. The van der Waals surface area contributed by atoms with Gasteiger partial charge in [0.2, 0.25) is 0 Å². The van der Waals surface area contributed by atoms with E-state index in [0.29, 0.717) is 29.5 Å². The molecule has 1 N–H and O–H groups in total. The molecular formula is C16H11NSe2. The molecule has 1 nitrogen and oxygen atoms in total. The minimum absolute atomic E-state index is 0.410. The molecule has 1 aliphatic rings. The second-order valence-corrected chi connectivity index (χ2v) is 8.64. The van der Waals surface area contributed by atoms with Gasteiger partial charge in [-0.25, -0.2) is 0 Å².